The monoisotopic (exact) mass is 372 g/mol. The molecule has 1 aliphatic carbocycles. The minimum atomic E-state index is -0.715. The second-order valence-electron chi connectivity index (χ2n) is 6.51. The number of hydrogen-bond donors (Lipinski definition) is 3. The molecule has 0 radical (unpaired) electrons. The van der Waals surface area contributed by atoms with Crippen molar-refractivity contribution in [3.05, 3.63) is 55.9 Å². The molecule has 0 atom stereocenters. The molecule has 0 saturated carbocycles. The molecule has 0 bridgehead atoms. The number of benzene rings is 1. The Labute approximate surface area is 152 Å². The number of amides is 1. The number of pyridine rings is 1. The predicted octanol–water partition coefficient (Wildman–Crippen LogP) is 3.87. The summed E-state index contributed by atoms with van der Waals surface area (Å²) in [5.41, 5.74) is 0.815. The highest BCUT2D eigenvalue weighted by Crippen LogP contribution is 2.40. The van der Waals surface area contributed by atoms with Gasteiger partial charge in [0, 0.05) is 10.6 Å². The number of rotatable bonds is 2. The van der Waals surface area contributed by atoms with Gasteiger partial charge in [-0.15, -0.1) is 11.3 Å². The van der Waals surface area contributed by atoms with Crippen LogP contribution >= 0.6 is 11.3 Å². The number of anilines is 1. The van der Waals surface area contributed by atoms with Crippen LogP contribution in [0.3, 0.4) is 0 Å². The van der Waals surface area contributed by atoms with Crippen LogP contribution in [0, 0.1) is 12.7 Å². The van der Waals surface area contributed by atoms with Crippen LogP contribution < -0.4 is 10.9 Å². The van der Waals surface area contributed by atoms with Gasteiger partial charge in [0.25, 0.3) is 11.5 Å². The van der Waals surface area contributed by atoms with E-state index in [9.17, 15) is 19.1 Å². The summed E-state index contributed by atoms with van der Waals surface area (Å²) >= 11 is 1.47. The van der Waals surface area contributed by atoms with Crippen LogP contribution in [-0.4, -0.2) is 16.0 Å². The number of carbonyl (C=O) groups is 1. The maximum Gasteiger partial charge on any atom is 0.265 e. The Balaban J connectivity index is 1.79. The lowest BCUT2D eigenvalue weighted by molar-refractivity contribution is 0.102. The summed E-state index contributed by atoms with van der Waals surface area (Å²) in [5.74, 6) is -1.37. The first-order valence-electron chi connectivity index (χ1n) is 8.42. The van der Waals surface area contributed by atoms with Crippen LogP contribution in [0.2, 0.25) is 0 Å². The number of aryl methyl sites for hydroxylation is 3. The Morgan fingerprint density at radius 3 is 2.85 bits per heavy atom. The molecule has 0 unspecified atom stereocenters. The smallest absolute Gasteiger partial charge is 0.265 e. The zero-order chi connectivity index (χ0) is 18.4. The van der Waals surface area contributed by atoms with Crippen molar-refractivity contribution in [1.29, 1.82) is 0 Å². The molecule has 1 aromatic carbocycles. The number of hydrogen-bond acceptors (Lipinski definition) is 4. The molecule has 26 heavy (non-hydrogen) atoms. The number of halogens is 1. The van der Waals surface area contributed by atoms with E-state index in [2.05, 4.69) is 10.3 Å². The average Bonchev–Trinajstić information content (AvgIpc) is 2.96. The first-order chi connectivity index (χ1) is 12.5. The minimum absolute atomic E-state index is 0.278. The van der Waals surface area contributed by atoms with Crippen LogP contribution in [-0.2, 0) is 12.8 Å². The van der Waals surface area contributed by atoms with E-state index in [0.717, 1.165) is 36.1 Å². The van der Waals surface area contributed by atoms with Crippen LogP contribution in [0.1, 0.15) is 39.2 Å². The number of nitrogens with one attached hydrogen (secondary N) is 2. The van der Waals surface area contributed by atoms with Crippen molar-refractivity contribution in [1.82, 2.24) is 4.98 Å². The van der Waals surface area contributed by atoms with Gasteiger partial charge in [-0.25, -0.2) is 4.39 Å². The number of aromatic amines is 1. The van der Waals surface area contributed by atoms with E-state index in [1.165, 1.54) is 29.5 Å². The van der Waals surface area contributed by atoms with E-state index >= 15 is 0 Å². The zero-order valence-corrected chi connectivity index (χ0v) is 14.9. The predicted molar refractivity (Wildman–Crippen MR) is 99.8 cm³/mol. The first-order valence-corrected chi connectivity index (χ1v) is 9.24. The molecule has 0 fully saturated rings. The molecule has 5 nitrogen and oxygen atoms in total. The number of aromatic nitrogens is 1. The molecule has 134 valence electrons. The SMILES string of the molecule is Cc1cc(NC(=O)c2c(O)c3c4c(sc3[nH]c2=O)CCCC4)ccc1F. The molecule has 1 amide bonds. The summed E-state index contributed by atoms with van der Waals surface area (Å²) in [6.45, 7) is 1.58. The van der Waals surface area contributed by atoms with E-state index in [0.29, 0.717) is 21.5 Å². The number of carbonyl (C=O) groups excluding carboxylic acids is 1. The van der Waals surface area contributed by atoms with E-state index in [4.69, 9.17) is 0 Å². The summed E-state index contributed by atoms with van der Waals surface area (Å²) in [6.07, 6.45) is 3.86. The van der Waals surface area contributed by atoms with Crippen LogP contribution in [0.15, 0.2) is 23.0 Å². The third kappa shape index (κ3) is 2.68. The fourth-order valence-corrected chi connectivity index (χ4v) is 4.72. The second kappa shape index (κ2) is 6.25. The third-order valence-electron chi connectivity index (χ3n) is 4.74. The lowest BCUT2D eigenvalue weighted by atomic mass is 9.96. The first kappa shape index (κ1) is 16.8. The molecule has 2 heterocycles. The molecular formula is C19H17FN2O3S. The molecule has 4 rings (SSSR count). The van der Waals surface area contributed by atoms with Crippen LogP contribution in [0.25, 0.3) is 10.2 Å². The normalized spacial score (nSPS) is 13.6. The van der Waals surface area contributed by atoms with Gasteiger partial charge < -0.3 is 15.4 Å². The van der Waals surface area contributed by atoms with Crippen molar-refractivity contribution in [2.45, 2.75) is 32.6 Å². The van der Waals surface area contributed by atoms with E-state index in [1.54, 1.807) is 6.92 Å². The van der Waals surface area contributed by atoms with Gasteiger partial charge in [0.15, 0.2) is 0 Å². The topological polar surface area (TPSA) is 82.2 Å². The van der Waals surface area contributed by atoms with Gasteiger partial charge in [0.2, 0.25) is 0 Å². The number of fused-ring (bicyclic) bond motifs is 3. The Morgan fingerprint density at radius 1 is 1.31 bits per heavy atom. The van der Waals surface area contributed by atoms with Crippen LogP contribution in [0.5, 0.6) is 5.75 Å². The van der Waals surface area contributed by atoms with Crippen molar-refractivity contribution in [3.8, 4) is 5.75 Å². The summed E-state index contributed by atoms with van der Waals surface area (Å²) < 4.78 is 13.4. The Morgan fingerprint density at radius 2 is 2.08 bits per heavy atom. The molecule has 0 spiro atoms. The standard InChI is InChI=1S/C19H17FN2O3S/c1-9-8-10(6-7-12(9)20)21-17(24)15-16(23)14-11-4-2-3-5-13(11)26-19(14)22-18(15)25/h6-8H,2-5H2,1H3,(H,21,24)(H2,22,23,25). The minimum Gasteiger partial charge on any atom is -0.506 e. The van der Waals surface area contributed by atoms with Gasteiger partial charge in [-0.1, -0.05) is 0 Å². The summed E-state index contributed by atoms with van der Waals surface area (Å²) in [7, 11) is 0. The third-order valence-corrected chi connectivity index (χ3v) is 5.95. The summed E-state index contributed by atoms with van der Waals surface area (Å²) in [5, 5.41) is 13.8. The lowest BCUT2D eigenvalue weighted by Gasteiger charge is -2.12. The quantitative estimate of drug-likeness (QED) is 0.639. The van der Waals surface area contributed by atoms with Crippen molar-refractivity contribution in [3.63, 3.8) is 0 Å². The number of H-pyrrole nitrogens is 1. The van der Waals surface area contributed by atoms with Gasteiger partial charge in [0.05, 0.1) is 5.39 Å². The number of aromatic hydroxyl groups is 1. The fraction of sp³-hybridized carbons (Fsp3) is 0.263. The van der Waals surface area contributed by atoms with Gasteiger partial charge in [-0.05, 0) is 61.9 Å². The van der Waals surface area contributed by atoms with E-state index in [1.807, 2.05) is 0 Å². The average molecular weight is 372 g/mol. The highest BCUT2D eigenvalue weighted by Gasteiger charge is 2.25. The molecule has 2 aromatic heterocycles. The second-order valence-corrected chi connectivity index (χ2v) is 7.62. The van der Waals surface area contributed by atoms with Crippen molar-refractivity contribution >= 4 is 33.1 Å². The maximum absolute atomic E-state index is 13.4. The molecule has 0 aliphatic heterocycles. The Hall–Kier alpha value is -2.67. The van der Waals surface area contributed by atoms with E-state index in [-0.39, 0.29) is 17.1 Å². The highest BCUT2D eigenvalue weighted by molar-refractivity contribution is 7.18. The van der Waals surface area contributed by atoms with Gasteiger partial charge in [0.1, 0.15) is 22.0 Å². The maximum atomic E-state index is 13.4. The summed E-state index contributed by atoms with van der Waals surface area (Å²) in [4.78, 5) is 29.5. The fourth-order valence-electron chi connectivity index (χ4n) is 3.43. The molecule has 0 saturated heterocycles. The number of thiophene rings is 1. The van der Waals surface area contributed by atoms with Crippen LogP contribution in [0.4, 0.5) is 10.1 Å². The lowest BCUT2D eigenvalue weighted by Crippen LogP contribution is -2.23. The molecule has 3 N–H and O–H groups in total. The Kier molecular flexibility index (Phi) is 4.03. The molecule has 3 aromatic rings. The van der Waals surface area contributed by atoms with Crippen molar-refractivity contribution in [2.24, 2.45) is 0 Å². The molecule has 1 aliphatic rings. The van der Waals surface area contributed by atoms with Gasteiger partial charge >= 0.3 is 0 Å². The molecular weight excluding hydrogens is 355 g/mol. The zero-order valence-electron chi connectivity index (χ0n) is 14.1. The van der Waals surface area contributed by atoms with Gasteiger partial charge in [-0.2, -0.15) is 0 Å². The van der Waals surface area contributed by atoms with E-state index < -0.39 is 11.5 Å². The van der Waals surface area contributed by atoms with Crippen molar-refractivity contribution < 1.29 is 14.3 Å². The largest absolute Gasteiger partial charge is 0.506 e. The summed E-state index contributed by atoms with van der Waals surface area (Å²) in [6, 6.07) is 4.13. The molecule has 7 heteroatoms. The highest BCUT2D eigenvalue weighted by atomic mass is 32.1. The van der Waals surface area contributed by atoms with Crippen molar-refractivity contribution in [2.75, 3.05) is 5.32 Å². The Bertz CT molecular complexity index is 1100. The van der Waals surface area contributed by atoms with Gasteiger partial charge in [-0.3, -0.25) is 9.59 Å².